The summed E-state index contributed by atoms with van der Waals surface area (Å²) >= 11 is 7.87. The van der Waals surface area contributed by atoms with Crippen molar-refractivity contribution in [2.75, 3.05) is 5.75 Å². The Morgan fingerprint density at radius 2 is 1.91 bits per heavy atom. The van der Waals surface area contributed by atoms with Gasteiger partial charge < -0.3 is 10.2 Å². The molecule has 0 aliphatic carbocycles. The van der Waals surface area contributed by atoms with Crippen LogP contribution in [-0.4, -0.2) is 27.5 Å². The smallest absolute Gasteiger partial charge is 0.102 e. The van der Waals surface area contributed by atoms with E-state index in [-0.39, 0.29) is 5.92 Å². The Labute approximate surface area is 78.8 Å². The minimum Gasteiger partial charge on any atom is -0.393 e. The van der Waals surface area contributed by atoms with Gasteiger partial charge in [0, 0.05) is 5.92 Å². The highest BCUT2D eigenvalue weighted by Crippen LogP contribution is 2.17. The van der Waals surface area contributed by atoms with E-state index in [0.717, 1.165) is 6.42 Å². The normalized spacial score (nSPS) is 19.4. The molecule has 0 rings (SSSR count). The third-order valence-electron chi connectivity index (χ3n) is 1.67. The second-order valence-corrected chi connectivity index (χ2v) is 3.51. The lowest BCUT2D eigenvalue weighted by molar-refractivity contribution is 0.0599. The lowest BCUT2D eigenvalue weighted by Gasteiger charge is -2.22. The molecule has 0 spiro atoms. The Bertz CT molecular complexity index is 98.4. The maximum atomic E-state index is 9.42. The van der Waals surface area contributed by atoms with Crippen LogP contribution in [-0.2, 0) is 0 Å². The van der Waals surface area contributed by atoms with Gasteiger partial charge in [-0.25, -0.2) is 0 Å². The molecule has 0 aromatic carbocycles. The maximum Gasteiger partial charge on any atom is 0.102 e. The fourth-order valence-corrected chi connectivity index (χ4v) is 1.84. The summed E-state index contributed by atoms with van der Waals surface area (Å²) in [5, 5.41) is 18.5. The number of aliphatic hydroxyl groups excluding tert-OH is 2. The van der Waals surface area contributed by atoms with Crippen LogP contribution in [0.1, 0.15) is 19.8 Å². The van der Waals surface area contributed by atoms with E-state index in [2.05, 4.69) is 25.3 Å². The minimum absolute atomic E-state index is 0.221. The SMILES string of the molecule is CCCC(O)C(CS)C(O)S. The summed E-state index contributed by atoms with van der Waals surface area (Å²) in [7, 11) is 0. The van der Waals surface area contributed by atoms with Gasteiger partial charge in [-0.2, -0.15) is 12.6 Å². The van der Waals surface area contributed by atoms with E-state index >= 15 is 0 Å². The van der Waals surface area contributed by atoms with E-state index < -0.39 is 11.5 Å². The highest BCUT2D eigenvalue weighted by Gasteiger charge is 2.22. The first-order valence-corrected chi connectivity index (χ1v) is 4.93. The predicted molar refractivity (Wildman–Crippen MR) is 53.3 cm³/mol. The molecule has 0 aliphatic rings. The molecule has 0 fully saturated rings. The topological polar surface area (TPSA) is 40.5 Å². The Morgan fingerprint density at radius 1 is 1.36 bits per heavy atom. The first kappa shape index (κ1) is 11.6. The van der Waals surface area contributed by atoms with E-state index in [1.807, 2.05) is 6.92 Å². The zero-order chi connectivity index (χ0) is 8.85. The van der Waals surface area contributed by atoms with E-state index in [1.54, 1.807) is 0 Å². The summed E-state index contributed by atoms with van der Waals surface area (Å²) in [6.07, 6.45) is 1.12. The van der Waals surface area contributed by atoms with Crippen molar-refractivity contribution < 1.29 is 10.2 Å². The number of aliphatic hydroxyl groups is 2. The van der Waals surface area contributed by atoms with Crippen molar-refractivity contribution in [2.24, 2.45) is 5.92 Å². The molecule has 3 atom stereocenters. The van der Waals surface area contributed by atoms with Crippen LogP contribution < -0.4 is 0 Å². The van der Waals surface area contributed by atoms with Crippen LogP contribution in [0, 0.1) is 5.92 Å². The summed E-state index contributed by atoms with van der Waals surface area (Å²) in [5.41, 5.74) is -0.769. The summed E-state index contributed by atoms with van der Waals surface area (Å²) in [5.74, 6) is 0.243. The van der Waals surface area contributed by atoms with Crippen molar-refractivity contribution >= 4 is 25.3 Å². The number of hydrogen-bond acceptors (Lipinski definition) is 4. The molecule has 0 bridgehead atoms. The second kappa shape index (κ2) is 6.17. The molecule has 3 unspecified atom stereocenters. The van der Waals surface area contributed by atoms with E-state index in [9.17, 15) is 5.11 Å². The van der Waals surface area contributed by atoms with Gasteiger partial charge in [0.1, 0.15) is 5.44 Å². The summed E-state index contributed by atoms with van der Waals surface area (Å²) in [6, 6.07) is 0. The van der Waals surface area contributed by atoms with Crippen molar-refractivity contribution in [1.82, 2.24) is 0 Å². The Balaban J connectivity index is 3.81. The van der Waals surface area contributed by atoms with Gasteiger partial charge in [0.15, 0.2) is 0 Å². The van der Waals surface area contributed by atoms with Crippen molar-refractivity contribution in [3.63, 3.8) is 0 Å². The van der Waals surface area contributed by atoms with Crippen LogP contribution in [0.3, 0.4) is 0 Å². The lowest BCUT2D eigenvalue weighted by Crippen LogP contribution is -2.29. The molecule has 0 heterocycles. The Hall–Kier alpha value is 0.620. The van der Waals surface area contributed by atoms with Crippen LogP contribution >= 0.6 is 25.3 Å². The van der Waals surface area contributed by atoms with Gasteiger partial charge in [-0.3, -0.25) is 0 Å². The zero-order valence-corrected chi connectivity index (χ0v) is 8.43. The van der Waals surface area contributed by atoms with Gasteiger partial charge in [-0.1, -0.05) is 13.3 Å². The van der Waals surface area contributed by atoms with Gasteiger partial charge in [-0.05, 0) is 12.2 Å². The van der Waals surface area contributed by atoms with Crippen LogP contribution in [0.2, 0.25) is 0 Å². The molecule has 0 aliphatic heterocycles. The first-order valence-electron chi connectivity index (χ1n) is 3.78. The van der Waals surface area contributed by atoms with Crippen LogP contribution in [0.5, 0.6) is 0 Å². The van der Waals surface area contributed by atoms with Gasteiger partial charge >= 0.3 is 0 Å². The molecule has 0 radical (unpaired) electrons. The Morgan fingerprint density at radius 3 is 2.18 bits per heavy atom. The monoisotopic (exact) mass is 196 g/mol. The standard InChI is InChI=1S/C7H16O2S2/c1-2-3-6(8)5(4-10)7(9)11/h5-11H,2-4H2,1H3. The molecule has 11 heavy (non-hydrogen) atoms. The summed E-state index contributed by atoms with van der Waals surface area (Å²) in [4.78, 5) is 0. The maximum absolute atomic E-state index is 9.42. The molecule has 0 saturated carbocycles. The molecule has 2 N–H and O–H groups in total. The Kier molecular flexibility index (Phi) is 6.52. The van der Waals surface area contributed by atoms with Crippen LogP contribution in [0.15, 0.2) is 0 Å². The van der Waals surface area contributed by atoms with Gasteiger partial charge in [-0.15, -0.1) is 12.6 Å². The molecule has 4 heteroatoms. The molecular weight excluding hydrogens is 180 g/mol. The van der Waals surface area contributed by atoms with Crippen LogP contribution in [0.4, 0.5) is 0 Å². The summed E-state index contributed by atoms with van der Waals surface area (Å²) in [6.45, 7) is 1.99. The van der Waals surface area contributed by atoms with Crippen molar-refractivity contribution in [3.05, 3.63) is 0 Å². The highest BCUT2D eigenvalue weighted by molar-refractivity contribution is 7.81. The fourth-order valence-electron chi connectivity index (χ4n) is 0.924. The average molecular weight is 196 g/mol. The van der Waals surface area contributed by atoms with Crippen molar-refractivity contribution in [1.29, 1.82) is 0 Å². The third-order valence-corrected chi connectivity index (χ3v) is 2.48. The van der Waals surface area contributed by atoms with Gasteiger partial charge in [0.25, 0.3) is 0 Å². The molecule has 0 amide bonds. The van der Waals surface area contributed by atoms with Crippen molar-refractivity contribution in [2.45, 2.75) is 31.3 Å². The molecule has 0 aromatic heterocycles. The van der Waals surface area contributed by atoms with Crippen LogP contribution in [0.25, 0.3) is 0 Å². The number of hydrogen-bond donors (Lipinski definition) is 4. The van der Waals surface area contributed by atoms with Gasteiger partial charge in [0.05, 0.1) is 6.10 Å². The van der Waals surface area contributed by atoms with Gasteiger partial charge in [0.2, 0.25) is 0 Å². The second-order valence-electron chi connectivity index (χ2n) is 2.62. The summed E-state index contributed by atoms with van der Waals surface area (Å²) < 4.78 is 0. The zero-order valence-electron chi connectivity index (χ0n) is 6.64. The van der Waals surface area contributed by atoms with Crippen molar-refractivity contribution in [3.8, 4) is 0 Å². The van der Waals surface area contributed by atoms with E-state index in [4.69, 9.17) is 5.11 Å². The number of thiol groups is 2. The molecule has 2 nitrogen and oxygen atoms in total. The molecule has 68 valence electrons. The van der Waals surface area contributed by atoms with E-state index in [0.29, 0.717) is 12.2 Å². The fraction of sp³-hybridized carbons (Fsp3) is 1.00. The molecule has 0 aromatic rings. The first-order chi connectivity index (χ1) is 5.13. The predicted octanol–water partition coefficient (Wildman–Crippen LogP) is 0.942. The average Bonchev–Trinajstić information content (AvgIpc) is 1.88. The number of rotatable bonds is 5. The highest BCUT2D eigenvalue weighted by atomic mass is 32.1. The molecular formula is C7H16O2S2. The largest absolute Gasteiger partial charge is 0.393 e. The minimum atomic E-state index is -0.769. The van der Waals surface area contributed by atoms with E-state index in [1.165, 1.54) is 0 Å². The lowest BCUT2D eigenvalue weighted by atomic mass is 10.0. The third kappa shape index (κ3) is 4.25. The quantitative estimate of drug-likeness (QED) is 0.390. The molecule has 0 saturated heterocycles.